The van der Waals surface area contributed by atoms with Gasteiger partial charge in [-0.2, -0.15) is 0 Å². The summed E-state index contributed by atoms with van der Waals surface area (Å²) < 4.78 is 58.8. The van der Waals surface area contributed by atoms with Crippen LogP contribution < -0.4 is 14.8 Å². The van der Waals surface area contributed by atoms with Crippen molar-refractivity contribution in [3.05, 3.63) is 53.1 Å². The Bertz CT molecular complexity index is 1120. The Labute approximate surface area is 191 Å². The quantitative estimate of drug-likeness (QED) is 0.384. The highest BCUT2D eigenvalue weighted by Gasteiger charge is 2.30. The van der Waals surface area contributed by atoms with Crippen LogP contribution in [0.5, 0.6) is 11.5 Å². The normalized spacial score (nSPS) is 12.6. The molecule has 0 fully saturated rings. The molecule has 0 spiro atoms. The van der Waals surface area contributed by atoms with Crippen LogP contribution in [0.2, 0.25) is 0 Å². The van der Waals surface area contributed by atoms with Crippen molar-refractivity contribution in [1.82, 2.24) is 9.97 Å². The largest absolute Gasteiger partial charge is 0.493 e. The van der Waals surface area contributed by atoms with Crippen LogP contribution in [0.15, 0.2) is 30.3 Å². The van der Waals surface area contributed by atoms with Gasteiger partial charge in [-0.1, -0.05) is 18.2 Å². The van der Waals surface area contributed by atoms with Crippen LogP contribution in [0.3, 0.4) is 0 Å². The van der Waals surface area contributed by atoms with E-state index in [2.05, 4.69) is 15.3 Å². The third-order valence-electron chi connectivity index (χ3n) is 5.16. The van der Waals surface area contributed by atoms with Gasteiger partial charge >= 0.3 is 0 Å². The van der Waals surface area contributed by atoms with Gasteiger partial charge in [0.2, 0.25) is 0 Å². The van der Waals surface area contributed by atoms with E-state index in [0.29, 0.717) is 60.6 Å². The standard InChI is InChI=1S/C24H28F3N3O3/c1-14(16-8-6-9-18(22(16)25)24(3,26)27)28-23-17-12-21(33-11-7-10-31-4)20(32-5)13-19(17)29-15(2)30-23/h6,8-9,12-14H,7,10-11H2,1-5H3,(H,28,29,30)/t14-/m1/s1. The molecule has 1 heterocycles. The lowest BCUT2D eigenvalue weighted by Crippen LogP contribution is -2.16. The summed E-state index contributed by atoms with van der Waals surface area (Å²) in [4.78, 5) is 8.92. The fraction of sp³-hybridized carbons (Fsp3) is 0.417. The highest BCUT2D eigenvalue weighted by atomic mass is 19.3. The molecule has 3 aromatic rings. The lowest BCUT2D eigenvalue weighted by molar-refractivity contribution is 0.0136. The zero-order valence-electron chi connectivity index (χ0n) is 19.3. The van der Waals surface area contributed by atoms with Crippen LogP contribution in [-0.2, 0) is 10.7 Å². The predicted molar refractivity (Wildman–Crippen MR) is 121 cm³/mol. The first-order valence-corrected chi connectivity index (χ1v) is 10.6. The van der Waals surface area contributed by atoms with Crippen LogP contribution in [0.4, 0.5) is 19.0 Å². The molecule has 1 aromatic heterocycles. The van der Waals surface area contributed by atoms with E-state index in [1.54, 1.807) is 33.1 Å². The summed E-state index contributed by atoms with van der Waals surface area (Å²) in [5.74, 6) is -2.29. The SMILES string of the molecule is COCCCOc1cc2c(N[C@H](C)c3cccc(C(C)(F)F)c3F)nc(C)nc2cc1OC. The zero-order valence-corrected chi connectivity index (χ0v) is 19.3. The summed E-state index contributed by atoms with van der Waals surface area (Å²) in [6.07, 6.45) is 0.696. The number of hydrogen-bond acceptors (Lipinski definition) is 6. The van der Waals surface area contributed by atoms with Gasteiger partial charge in [-0.05, 0) is 19.9 Å². The van der Waals surface area contributed by atoms with Crippen LogP contribution >= 0.6 is 0 Å². The van der Waals surface area contributed by atoms with E-state index < -0.39 is 23.3 Å². The number of rotatable bonds is 10. The number of ether oxygens (including phenoxy) is 3. The van der Waals surface area contributed by atoms with Gasteiger partial charge in [-0.3, -0.25) is 0 Å². The lowest BCUT2D eigenvalue weighted by atomic mass is 10.0. The molecule has 0 amide bonds. The molecule has 0 aliphatic heterocycles. The highest BCUT2D eigenvalue weighted by molar-refractivity contribution is 5.92. The highest BCUT2D eigenvalue weighted by Crippen LogP contribution is 2.37. The Morgan fingerprint density at radius 2 is 1.85 bits per heavy atom. The zero-order chi connectivity index (χ0) is 24.2. The van der Waals surface area contributed by atoms with Crippen LogP contribution in [0.25, 0.3) is 10.9 Å². The molecule has 9 heteroatoms. The average Bonchev–Trinajstić information content (AvgIpc) is 2.75. The Hall–Kier alpha value is -3.07. The minimum atomic E-state index is -3.29. The topological polar surface area (TPSA) is 65.5 Å². The number of hydrogen-bond donors (Lipinski definition) is 1. The van der Waals surface area contributed by atoms with Crippen molar-refractivity contribution in [2.75, 3.05) is 32.8 Å². The number of benzene rings is 2. The van der Waals surface area contributed by atoms with Crippen molar-refractivity contribution >= 4 is 16.7 Å². The minimum absolute atomic E-state index is 0.114. The third kappa shape index (κ3) is 5.65. The molecule has 0 radical (unpaired) electrons. The maximum Gasteiger partial charge on any atom is 0.273 e. The molecule has 0 bridgehead atoms. The van der Waals surface area contributed by atoms with Gasteiger partial charge in [-0.15, -0.1) is 0 Å². The molecular weight excluding hydrogens is 435 g/mol. The molecule has 1 atom stereocenters. The molecule has 2 aromatic carbocycles. The van der Waals surface area contributed by atoms with E-state index in [-0.39, 0.29) is 5.56 Å². The molecule has 33 heavy (non-hydrogen) atoms. The monoisotopic (exact) mass is 463 g/mol. The van der Waals surface area contributed by atoms with Gasteiger partial charge < -0.3 is 19.5 Å². The van der Waals surface area contributed by atoms with Crippen LogP contribution in [0.1, 0.15) is 43.3 Å². The second-order valence-corrected chi connectivity index (χ2v) is 7.80. The van der Waals surface area contributed by atoms with E-state index in [4.69, 9.17) is 14.2 Å². The van der Waals surface area contributed by atoms with E-state index in [1.807, 2.05) is 0 Å². The molecular formula is C24H28F3N3O3. The molecule has 0 saturated heterocycles. The number of alkyl halides is 2. The second-order valence-electron chi connectivity index (χ2n) is 7.80. The molecule has 0 aliphatic carbocycles. The van der Waals surface area contributed by atoms with Gasteiger partial charge in [0.25, 0.3) is 5.92 Å². The smallest absolute Gasteiger partial charge is 0.273 e. The van der Waals surface area contributed by atoms with Crippen molar-refractivity contribution < 1.29 is 27.4 Å². The number of halogens is 3. The summed E-state index contributed by atoms with van der Waals surface area (Å²) in [5, 5.41) is 3.78. The number of methoxy groups -OCH3 is 2. The van der Waals surface area contributed by atoms with E-state index in [0.717, 1.165) is 6.07 Å². The molecule has 6 nitrogen and oxygen atoms in total. The average molecular weight is 464 g/mol. The summed E-state index contributed by atoms with van der Waals surface area (Å²) in [6.45, 7) is 5.08. The van der Waals surface area contributed by atoms with Gasteiger partial charge in [0.15, 0.2) is 11.5 Å². The number of aryl methyl sites for hydroxylation is 1. The maximum absolute atomic E-state index is 14.9. The Morgan fingerprint density at radius 3 is 2.52 bits per heavy atom. The van der Waals surface area contributed by atoms with E-state index in [9.17, 15) is 13.2 Å². The number of nitrogens with zero attached hydrogens (tertiary/aromatic N) is 2. The molecule has 0 saturated carbocycles. The maximum atomic E-state index is 14.9. The Kier molecular flexibility index (Phi) is 7.63. The van der Waals surface area contributed by atoms with Crippen molar-refractivity contribution in [2.45, 2.75) is 39.2 Å². The summed E-state index contributed by atoms with van der Waals surface area (Å²) in [5.41, 5.74) is 0.0736. The predicted octanol–water partition coefficient (Wildman–Crippen LogP) is 5.79. The molecule has 0 unspecified atom stereocenters. The first kappa shape index (κ1) is 24.6. The van der Waals surface area contributed by atoms with Crippen molar-refractivity contribution in [3.63, 3.8) is 0 Å². The fourth-order valence-electron chi connectivity index (χ4n) is 3.53. The summed E-state index contributed by atoms with van der Waals surface area (Å²) in [6, 6.07) is 6.84. The van der Waals surface area contributed by atoms with E-state index in [1.165, 1.54) is 19.2 Å². The molecule has 0 aliphatic rings. The molecule has 3 rings (SSSR count). The van der Waals surface area contributed by atoms with Gasteiger partial charge in [0.1, 0.15) is 17.5 Å². The molecule has 178 valence electrons. The second kappa shape index (κ2) is 10.2. The first-order valence-electron chi connectivity index (χ1n) is 10.6. The van der Waals surface area contributed by atoms with Crippen molar-refractivity contribution in [2.24, 2.45) is 0 Å². The summed E-state index contributed by atoms with van der Waals surface area (Å²) >= 11 is 0. The van der Waals surface area contributed by atoms with Crippen molar-refractivity contribution in [3.8, 4) is 11.5 Å². The first-order chi connectivity index (χ1) is 15.7. The van der Waals surface area contributed by atoms with E-state index >= 15 is 0 Å². The molecule has 1 N–H and O–H groups in total. The van der Waals surface area contributed by atoms with Gasteiger partial charge in [-0.25, -0.2) is 23.1 Å². The minimum Gasteiger partial charge on any atom is -0.493 e. The number of aromatic nitrogens is 2. The third-order valence-corrected chi connectivity index (χ3v) is 5.16. The van der Waals surface area contributed by atoms with Crippen LogP contribution in [-0.4, -0.2) is 37.4 Å². The van der Waals surface area contributed by atoms with Gasteiger partial charge in [0, 0.05) is 44.1 Å². The fourth-order valence-corrected chi connectivity index (χ4v) is 3.53. The van der Waals surface area contributed by atoms with Gasteiger partial charge in [0.05, 0.1) is 30.8 Å². The number of anilines is 1. The number of fused-ring (bicyclic) bond motifs is 1. The lowest BCUT2D eigenvalue weighted by Gasteiger charge is -2.21. The Balaban J connectivity index is 1.99. The van der Waals surface area contributed by atoms with Crippen LogP contribution in [0, 0.1) is 12.7 Å². The van der Waals surface area contributed by atoms with Crippen molar-refractivity contribution in [1.29, 1.82) is 0 Å². The Morgan fingerprint density at radius 1 is 1.09 bits per heavy atom. The summed E-state index contributed by atoms with van der Waals surface area (Å²) in [7, 11) is 3.16. The number of nitrogens with one attached hydrogen (secondary N) is 1.